The van der Waals surface area contributed by atoms with E-state index >= 15 is 0 Å². The fourth-order valence-electron chi connectivity index (χ4n) is 3.17. The van der Waals surface area contributed by atoms with Crippen LogP contribution in [0.2, 0.25) is 0 Å². The zero-order chi connectivity index (χ0) is 21.1. The van der Waals surface area contributed by atoms with Crippen molar-refractivity contribution in [2.75, 3.05) is 0 Å². The number of nitrogens with zero attached hydrogens (tertiary/aromatic N) is 4. The third kappa shape index (κ3) is 3.88. The number of hydrogen-bond donors (Lipinski definition) is 2. The van der Waals surface area contributed by atoms with Crippen LogP contribution in [0.3, 0.4) is 0 Å². The number of benzene rings is 2. The van der Waals surface area contributed by atoms with Gasteiger partial charge in [-0.25, -0.2) is 14.5 Å². The number of carbonyl (C=O) groups excluding carboxylic acids is 1. The molecule has 0 aliphatic carbocycles. The lowest BCUT2D eigenvalue weighted by atomic mass is 10.1. The number of rotatable bonds is 5. The first-order valence-corrected chi connectivity index (χ1v) is 9.29. The minimum absolute atomic E-state index is 0.271. The largest absolute Gasteiger partial charge is 0.289 e. The molecule has 7 nitrogen and oxygen atoms in total. The predicted octanol–water partition coefficient (Wildman–Crippen LogP) is 3.78. The van der Waals surface area contributed by atoms with Crippen LogP contribution in [-0.4, -0.2) is 32.1 Å². The third-order valence-electron chi connectivity index (χ3n) is 4.62. The Morgan fingerprint density at radius 2 is 1.87 bits per heavy atom. The molecule has 4 aromatic rings. The van der Waals surface area contributed by atoms with E-state index in [1.807, 2.05) is 48.9 Å². The van der Waals surface area contributed by atoms with E-state index in [9.17, 15) is 9.18 Å². The summed E-state index contributed by atoms with van der Waals surface area (Å²) >= 11 is 0. The average Bonchev–Trinajstić information content (AvgIpc) is 3.34. The van der Waals surface area contributed by atoms with Gasteiger partial charge >= 0.3 is 0 Å². The van der Waals surface area contributed by atoms with E-state index in [4.69, 9.17) is 0 Å². The molecule has 150 valence electrons. The van der Waals surface area contributed by atoms with Crippen LogP contribution in [-0.2, 0) is 0 Å². The highest BCUT2D eigenvalue weighted by Gasteiger charge is 2.18. The lowest BCUT2D eigenvalue weighted by molar-refractivity contribution is 0.0950. The molecule has 2 N–H and O–H groups in total. The van der Waals surface area contributed by atoms with Gasteiger partial charge in [0.15, 0.2) is 0 Å². The van der Waals surface area contributed by atoms with Crippen molar-refractivity contribution in [3.05, 3.63) is 89.1 Å². The molecule has 2 heterocycles. The molecule has 0 radical (unpaired) electrons. The van der Waals surface area contributed by atoms with Crippen molar-refractivity contribution in [2.24, 2.45) is 5.10 Å². The first-order valence-electron chi connectivity index (χ1n) is 9.29. The van der Waals surface area contributed by atoms with E-state index in [1.54, 1.807) is 18.2 Å². The molecule has 0 unspecified atom stereocenters. The monoisotopic (exact) mass is 402 g/mol. The van der Waals surface area contributed by atoms with Gasteiger partial charge in [0.2, 0.25) is 0 Å². The molecule has 0 fully saturated rings. The van der Waals surface area contributed by atoms with Crippen LogP contribution >= 0.6 is 0 Å². The number of carbonyl (C=O) groups is 1. The number of hydrazone groups is 1. The Morgan fingerprint density at radius 3 is 2.60 bits per heavy atom. The summed E-state index contributed by atoms with van der Waals surface area (Å²) in [6.45, 7) is 3.87. The fourth-order valence-corrected chi connectivity index (χ4v) is 3.17. The summed E-state index contributed by atoms with van der Waals surface area (Å²) in [6.07, 6.45) is 1.44. The van der Waals surface area contributed by atoms with Gasteiger partial charge in [0.05, 0.1) is 29.0 Å². The normalized spacial score (nSPS) is 11.2. The number of hydrogen-bond acceptors (Lipinski definition) is 4. The standard InChI is InChI=1S/C22H19FN6O/c1-14-21(15(2)29(28-14)18-6-4-3-5-7-18)19-12-20(26-25-19)22(30)27-24-13-16-8-10-17(23)11-9-16/h3-13H,1-2H3,(H,25,26)(H,27,30)/b24-13+. The minimum Gasteiger partial charge on any atom is -0.272 e. The number of H-pyrrole nitrogens is 1. The van der Waals surface area contributed by atoms with Crippen molar-refractivity contribution in [3.8, 4) is 16.9 Å². The van der Waals surface area contributed by atoms with Crippen LogP contribution in [0.25, 0.3) is 16.9 Å². The highest BCUT2D eigenvalue weighted by molar-refractivity contribution is 5.94. The van der Waals surface area contributed by atoms with Crippen molar-refractivity contribution in [3.63, 3.8) is 0 Å². The zero-order valence-electron chi connectivity index (χ0n) is 16.4. The summed E-state index contributed by atoms with van der Waals surface area (Å²) in [6, 6.07) is 17.3. The summed E-state index contributed by atoms with van der Waals surface area (Å²) in [7, 11) is 0. The maximum Gasteiger partial charge on any atom is 0.289 e. The lowest BCUT2D eigenvalue weighted by Crippen LogP contribution is -2.18. The van der Waals surface area contributed by atoms with E-state index in [2.05, 4.69) is 25.8 Å². The van der Waals surface area contributed by atoms with Gasteiger partial charge < -0.3 is 0 Å². The van der Waals surface area contributed by atoms with E-state index in [-0.39, 0.29) is 11.5 Å². The fraction of sp³-hybridized carbons (Fsp3) is 0.0909. The van der Waals surface area contributed by atoms with Crippen LogP contribution < -0.4 is 5.43 Å². The highest BCUT2D eigenvalue weighted by atomic mass is 19.1. The van der Waals surface area contributed by atoms with Crippen molar-refractivity contribution in [1.29, 1.82) is 0 Å². The summed E-state index contributed by atoms with van der Waals surface area (Å²) < 4.78 is 14.8. The molecule has 0 bridgehead atoms. The highest BCUT2D eigenvalue weighted by Crippen LogP contribution is 2.27. The Morgan fingerprint density at radius 1 is 1.13 bits per heavy atom. The number of aromatic amines is 1. The maximum atomic E-state index is 12.9. The van der Waals surface area contributed by atoms with Crippen molar-refractivity contribution in [1.82, 2.24) is 25.4 Å². The quantitative estimate of drug-likeness (QED) is 0.393. The second-order valence-corrected chi connectivity index (χ2v) is 6.71. The summed E-state index contributed by atoms with van der Waals surface area (Å²) in [5.41, 5.74) is 7.54. The molecule has 0 atom stereocenters. The van der Waals surface area contributed by atoms with Gasteiger partial charge in [-0.05, 0) is 49.7 Å². The Hall–Kier alpha value is -4.07. The molecule has 0 aliphatic rings. The smallest absolute Gasteiger partial charge is 0.272 e. The van der Waals surface area contributed by atoms with Gasteiger partial charge in [0.25, 0.3) is 5.91 Å². The van der Waals surface area contributed by atoms with E-state index in [0.29, 0.717) is 11.3 Å². The second kappa shape index (κ2) is 8.12. The Bertz CT molecular complexity index is 1210. The van der Waals surface area contributed by atoms with Gasteiger partial charge in [-0.15, -0.1) is 0 Å². The Balaban J connectivity index is 1.52. The van der Waals surface area contributed by atoms with Gasteiger partial charge in [-0.2, -0.15) is 15.3 Å². The van der Waals surface area contributed by atoms with Crippen LogP contribution in [0.4, 0.5) is 4.39 Å². The number of aryl methyl sites for hydroxylation is 1. The minimum atomic E-state index is -0.433. The Kier molecular flexibility index (Phi) is 5.21. The molecule has 0 saturated carbocycles. The number of para-hydroxylation sites is 1. The molecule has 1 amide bonds. The first kappa shape index (κ1) is 19.3. The third-order valence-corrected chi connectivity index (χ3v) is 4.62. The topological polar surface area (TPSA) is 88.0 Å². The molecule has 2 aromatic carbocycles. The molecule has 0 spiro atoms. The first-order chi connectivity index (χ1) is 14.5. The van der Waals surface area contributed by atoms with Gasteiger partial charge in [0, 0.05) is 5.56 Å². The number of amides is 1. The van der Waals surface area contributed by atoms with E-state index < -0.39 is 5.91 Å². The molecule has 30 heavy (non-hydrogen) atoms. The number of aromatic nitrogens is 4. The maximum absolute atomic E-state index is 12.9. The summed E-state index contributed by atoms with van der Waals surface area (Å²) in [4.78, 5) is 12.4. The second-order valence-electron chi connectivity index (χ2n) is 6.71. The average molecular weight is 402 g/mol. The molecule has 4 rings (SSSR count). The molecule has 0 aliphatic heterocycles. The predicted molar refractivity (Wildman–Crippen MR) is 112 cm³/mol. The van der Waals surface area contributed by atoms with E-state index in [0.717, 1.165) is 22.6 Å². The van der Waals surface area contributed by atoms with Crippen molar-refractivity contribution < 1.29 is 9.18 Å². The summed E-state index contributed by atoms with van der Waals surface area (Å²) in [5.74, 6) is -0.764. The molecule has 0 saturated heterocycles. The molecular weight excluding hydrogens is 383 g/mol. The van der Waals surface area contributed by atoms with Crippen molar-refractivity contribution >= 4 is 12.1 Å². The van der Waals surface area contributed by atoms with Crippen molar-refractivity contribution in [2.45, 2.75) is 13.8 Å². The van der Waals surface area contributed by atoms with Crippen LogP contribution in [0.5, 0.6) is 0 Å². The molecule has 8 heteroatoms. The van der Waals surface area contributed by atoms with E-state index in [1.165, 1.54) is 18.3 Å². The zero-order valence-corrected chi connectivity index (χ0v) is 16.4. The van der Waals surface area contributed by atoms with Crippen LogP contribution in [0.1, 0.15) is 27.4 Å². The van der Waals surface area contributed by atoms with Crippen LogP contribution in [0.15, 0.2) is 65.8 Å². The number of halogens is 1. The number of nitrogens with one attached hydrogen (secondary N) is 2. The Labute approximate surface area is 172 Å². The van der Waals surface area contributed by atoms with Gasteiger partial charge in [-0.3, -0.25) is 9.89 Å². The SMILES string of the molecule is Cc1nn(-c2ccccc2)c(C)c1-c1cc(C(=O)N/N=C/c2ccc(F)cc2)[nH]n1. The summed E-state index contributed by atoms with van der Waals surface area (Å²) in [5, 5.41) is 15.5. The van der Waals surface area contributed by atoms with Gasteiger partial charge in [-0.1, -0.05) is 30.3 Å². The van der Waals surface area contributed by atoms with Crippen LogP contribution in [0, 0.1) is 19.7 Å². The lowest BCUT2D eigenvalue weighted by Gasteiger charge is -2.04. The molecular formula is C22H19FN6O. The van der Waals surface area contributed by atoms with Gasteiger partial charge in [0.1, 0.15) is 11.5 Å². The molecule has 2 aromatic heterocycles.